The lowest BCUT2D eigenvalue weighted by atomic mass is 9.30. The highest BCUT2D eigenvalue weighted by Crippen LogP contribution is 2.74. The topological polar surface area (TPSA) is 55.8 Å². The summed E-state index contributed by atoms with van der Waals surface area (Å²) in [6, 6.07) is 0. The molecule has 6 saturated carbocycles. The van der Waals surface area contributed by atoms with Gasteiger partial charge in [-0.05, 0) is 135 Å². The fourth-order valence-electron chi connectivity index (χ4n) is 12.9. The van der Waals surface area contributed by atoms with E-state index in [2.05, 4.69) is 12.2 Å². The largest absolute Gasteiger partial charge is 0.463 e. The molecular formula is C43H70O4. The number of hydrogen-bond donors (Lipinski definition) is 1. The van der Waals surface area contributed by atoms with Gasteiger partial charge in [0.05, 0.1) is 6.61 Å². The highest BCUT2D eigenvalue weighted by molar-refractivity contribution is 5.69. The summed E-state index contributed by atoms with van der Waals surface area (Å²) in [6.45, 7) is 0.746. The van der Waals surface area contributed by atoms with Gasteiger partial charge in [0.1, 0.15) is 12.7 Å². The molecule has 7 rings (SSSR count). The standard InChI is InChI=1S/C43H70O4/c44-28-32(46-25-13-7-2-1-4-8-14-30-19-21-35-33-16-11-12-17-34(33)39(35)26-30)29-47-41(45)18-10-6-3-5-9-15-31-20-22-38-40(27-31)43-37-24-23-36(37)42(38)43/h11,16,30-40,42-44H,1-10,12-15,17-29H2/t30?,31?,32-,33?,34?,35?,36?,37?,38?,39?,40?,42?,43?/m0/s1. The van der Waals surface area contributed by atoms with E-state index in [-0.39, 0.29) is 25.3 Å². The molecule has 0 radical (unpaired) electrons. The van der Waals surface area contributed by atoms with Crippen LogP contribution in [-0.4, -0.2) is 37.0 Å². The molecule has 0 saturated heterocycles. The van der Waals surface area contributed by atoms with Gasteiger partial charge in [0, 0.05) is 13.0 Å². The maximum absolute atomic E-state index is 12.3. The van der Waals surface area contributed by atoms with Crippen molar-refractivity contribution >= 4 is 5.97 Å². The van der Waals surface area contributed by atoms with Crippen molar-refractivity contribution in [3.63, 3.8) is 0 Å². The summed E-state index contributed by atoms with van der Waals surface area (Å²) in [6.07, 6.45) is 36.6. The number of ether oxygens (including phenoxy) is 2. The van der Waals surface area contributed by atoms with Crippen LogP contribution in [0.1, 0.15) is 154 Å². The van der Waals surface area contributed by atoms with Gasteiger partial charge in [-0.3, -0.25) is 4.79 Å². The molecule has 4 nitrogen and oxygen atoms in total. The molecule has 0 aromatic heterocycles. The molecule has 12 unspecified atom stereocenters. The number of fused-ring (bicyclic) bond motifs is 11. The van der Waals surface area contributed by atoms with Crippen LogP contribution in [0.15, 0.2) is 12.2 Å². The molecule has 0 amide bonds. The third kappa shape index (κ3) is 8.05. The van der Waals surface area contributed by atoms with Crippen molar-refractivity contribution in [1.29, 1.82) is 0 Å². The monoisotopic (exact) mass is 651 g/mol. The number of aliphatic hydroxyl groups excluding tert-OH is 1. The zero-order valence-electron chi connectivity index (χ0n) is 29.9. The average molecular weight is 651 g/mol. The van der Waals surface area contributed by atoms with Gasteiger partial charge in [-0.2, -0.15) is 0 Å². The van der Waals surface area contributed by atoms with Crippen LogP contribution in [-0.2, 0) is 14.3 Å². The molecule has 4 heteroatoms. The van der Waals surface area contributed by atoms with Gasteiger partial charge in [-0.1, -0.05) is 95.6 Å². The van der Waals surface area contributed by atoms with Crippen LogP contribution >= 0.6 is 0 Å². The summed E-state index contributed by atoms with van der Waals surface area (Å²) in [4.78, 5) is 12.3. The normalized spacial score (nSPS) is 39.8. The van der Waals surface area contributed by atoms with Crippen molar-refractivity contribution in [2.24, 2.45) is 71.0 Å². The summed E-state index contributed by atoms with van der Waals surface area (Å²) in [5.41, 5.74) is 0. The van der Waals surface area contributed by atoms with Crippen molar-refractivity contribution in [3.8, 4) is 0 Å². The van der Waals surface area contributed by atoms with Gasteiger partial charge in [-0.15, -0.1) is 0 Å². The fraction of sp³-hybridized carbons (Fsp3) is 0.930. The van der Waals surface area contributed by atoms with Gasteiger partial charge < -0.3 is 14.6 Å². The lowest BCUT2D eigenvalue weighted by molar-refractivity contribution is -0.264. The Hall–Kier alpha value is -0.870. The molecule has 266 valence electrons. The predicted octanol–water partition coefficient (Wildman–Crippen LogP) is 10.3. The number of unbranched alkanes of at least 4 members (excludes halogenated alkanes) is 9. The summed E-state index contributed by atoms with van der Waals surface area (Å²) >= 11 is 0. The van der Waals surface area contributed by atoms with Crippen LogP contribution in [0, 0.1) is 71.0 Å². The lowest BCUT2D eigenvalue weighted by Gasteiger charge is -2.74. The van der Waals surface area contributed by atoms with Gasteiger partial charge in [0.25, 0.3) is 0 Å². The number of aliphatic hydroxyl groups is 1. The van der Waals surface area contributed by atoms with Crippen molar-refractivity contribution < 1.29 is 19.4 Å². The molecule has 7 aliphatic carbocycles. The van der Waals surface area contributed by atoms with E-state index in [4.69, 9.17) is 9.47 Å². The Balaban J connectivity index is 0.625. The van der Waals surface area contributed by atoms with Crippen molar-refractivity contribution in [1.82, 2.24) is 0 Å². The number of rotatable bonds is 21. The minimum absolute atomic E-state index is 0.0844. The smallest absolute Gasteiger partial charge is 0.305 e. The second-order valence-corrected chi connectivity index (χ2v) is 17.9. The molecule has 13 atom stereocenters. The number of esters is 1. The maximum atomic E-state index is 12.3. The minimum Gasteiger partial charge on any atom is -0.463 e. The Morgan fingerprint density at radius 2 is 1.21 bits per heavy atom. The average Bonchev–Trinajstić information content (AvgIpc) is 3.08. The molecule has 0 heterocycles. The highest BCUT2D eigenvalue weighted by Gasteiger charge is 2.68. The molecule has 1 N–H and O–H groups in total. The second kappa shape index (κ2) is 16.9. The SMILES string of the molecule is O=C(CCCCCCCC1CCC2C(C1)C1C3CCC3C21)OC[C@H](CO)OCCCCCCCCC1CCC2C3C=CCCC3C2C1. The van der Waals surface area contributed by atoms with E-state index in [1.165, 1.54) is 120 Å². The molecule has 7 aliphatic rings. The Bertz CT molecular complexity index is 1000. The molecule has 0 bridgehead atoms. The highest BCUT2D eigenvalue weighted by atomic mass is 16.6. The van der Waals surface area contributed by atoms with Gasteiger partial charge in [-0.25, -0.2) is 0 Å². The molecule has 0 aliphatic heterocycles. The van der Waals surface area contributed by atoms with Crippen LogP contribution in [0.3, 0.4) is 0 Å². The summed E-state index contributed by atoms with van der Waals surface area (Å²) in [5, 5.41) is 9.69. The van der Waals surface area contributed by atoms with Crippen LogP contribution in [0.25, 0.3) is 0 Å². The first-order chi connectivity index (χ1) is 23.2. The Kier molecular flexibility index (Phi) is 12.4. The lowest BCUT2D eigenvalue weighted by Crippen LogP contribution is -2.69. The number of hydrogen-bond acceptors (Lipinski definition) is 4. The summed E-state index contributed by atoms with van der Waals surface area (Å²) in [5.74, 6) is 12.9. The van der Waals surface area contributed by atoms with E-state index in [0.29, 0.717) is 13.0 Å². The molecular weight excluding hydrogens is 580 g/mol. The number of carbonyl (C=O) groups is 1. The van der Waals surface area contributed by atoms with Crippen LogP contribution in [0.4, 0.5) is 0 Å². The molecule has 0 aromatic carbocycles. The zero-order chi connectivity index (χ0) is 32.0. The van der Waals surface area contributed by atoms with E-state index >= 15 is 0 Å². The minimum atomic E-state index is -0.384. The van der Waals surface area contributed by atoms with Gasteiger partial charge >= 0.3 is 5.97 Å². The van der Waals surface area contributed by atoms with Crippen molar-refractivity contribution in [2.45, 2.75) is 160 Å². The second-order valence-electron chi connectivity index (χ2n) is 17.9. The molecule has 47 heavy (non-hydrogen) atoms. The zero-order valence-corrected chi connectivity index (χ0v) is 29.9. The maximum Gasteiger partial charge on any atom is 0.305 e. The fourth-order valence-corrected chi connectivity index (χ4v) is 12.9. The first-order valence-corrected chi connectivity index (χ1v) is 21.3. The third-order valence-corrected chi connectivity index (χ3v) is 15.5. The van der Waals surface area contributed by atoms with E-state index < -0.39 is 0 Å². The number of allylic oxidation sites excluding steroid dienone is 2. The van der Waals surface area contributed by atoms with Crippen LogP contribution < -0.4 is 0 Å². The van der Waals surface area contributed by atoms with E-state index in [0.717, 1.165) is 72.5 Å². The van der Waals surface area contributed by atoms with Gasteiger partial charge in [0.2, 0.25) is 0 Å². The quantitative estimate of drug-likeness (QED) is 0.0763. The summed E-state index contributed by atoms with van der Waals surface area (Å²) in [7, 11) is 0. The van der Waals surface area contributed by atoms with E-state index in [1.54, 1.807) is 25.7 Å². The van der Waals surface area contributed by atoms with Gasteiger partial charge in [0.15, 0.2) is 0 Å². The Morgan fingerprint density at radius 3 is 1.94 bits per heavy atom. The van der Waals surface area contributed by atoms with E-state index in [9.17, 15) is 9.90 Å². The number of carbonyl (C=O) groups excluding carboxylic acids is 1. The third-order valence-electron chi connectivity index (χ3n) is 15.5. The summed E-state index contributed by atoms with van der Waals surface area (Å²) < 4.78 is 11.3. The first-order valence-electron chi connectivity index (χ1n) is 21.3. The Labute approximate surface area is 288 Å². The predicted molar refractivity (Wildman–Crippen MR) is 190 cm³/mol. The molecule has 0 aromatic rings. The van der Waals surface area contributed by atoms with Crippen molar-refractivity contribution in [3.05, 3.63) is 12.2 Å². The van der Waals surface area contributed by atoms with Crippen molar-refractivity contribution in [2.75, 3.05) is 19.8 Å². The van der Waals surface area contributed by atoms with Crippen LogP contribution in [0.2, 0.25) is 0 Å². The molecule has 0 spiro atoms. The Morgan fingerprint density at radius 1 is 0.638 bits per heavy atom. The van der Waals surface area contributed by atoms with E-state index in [1.807, 2.05) is 0 Å². The first kappa shape index (κ1) is 34.6. The molecule has 6 fully saturated rings. The van der Waals surface area contributed by atoms with Crippen LogP contribution in [0.5, 0.6) is 0 Å².